The smallest absolute Gasteiger partial charge is 0.341 e. The summed E-state index contributed by atoms with van der Waals surface area (Å²) in [5, 5.41) is 79.1. The number of Topliss-reactive ketones (excluding diaryl/α,β-unsaturated/α-hetero) is 1. The zero-order chi connectivity index (χ0) is 78.1. The number of primary amides is 1. The maximum Gasteiger partial charge on any atom is 0.341 e. The maximum absolute atomic E-state index is 15.6. The number of rotatable bonds is 9. The van der Waals surface area contributed by atoms with Gasteiger partial charge in [-0.05, 0) is 65.8 Å². The molecule has 0 unspecified atom stereocenters. The number of nitrogens with two attached hydrogens (primary N) is 3. The highest BCUT2D eigenvalue weighted by Crippen LogP contribution is 2.55. The number of hydrogen-bond acceptors (Lipinski definition) is 26. The number of phenolic OH excluding ortho intramolecular Hbond substituents is 3. The van der Waals surface area contributed by atoms with Gasteiger partial charge in [0, 0.05) is 155 Å². The van der Waals surface area contributed by atoms with Crippen LogP contribution in [-0.2, 0) is 23.8 Å². The van der Waals surface area contributed by atoms with Gasteiger partial charge in [0.2, 0.25) is 5.43 Å². The van der Waals surface area contributed by atoms with Crippen molar-refractivity contribution in [2.24, 2.45) is 40.3 Å². The number of fused-ring (bicyclic) bond motifs is 15. The molecule has 12 rings (SSSR count). The van der Waals surface area contributed by atoms with E-state index in [4.69, 9.17) is 36.3 Å². The maximum atomic E-state index is 15.6. The number of phenols is 3. The Labute approximate surface area is 609 Å². The van der Waals surface area contributed by atoms with Crippen molar-refractivity contribution in [1.82, 2.24) is 40.2 Å². The van der Waals surface area contributed by atoms with Crippen LogP contribution in [0.25, 0.3) is 21.7 Å². The lowest BCUT2D eigenvalue weighted by Crippen LogP contribution is -2.54. The molecule has 106 heavy (non-hydrogen) atoms. The second-order valence-electron chi connectivity index (χ2n) is 27.1. The first-order chi connectivity index (χ1) is 50.1. The van der Waals surface area contributed by atoms with Crippen LogP contribution in [0.4, 0.5) is 25.8 Å². The van der Waals surface area contributed by atoms with Gasteiger partial charge in [0.1, 0.15) is 40.3 Å². The van der Waals surface area contributed by atoms with Gasteiger partial charge in [-0.15, -0.1) is 0 Å². The minimum Gasteiger partial charge on any atom is -0.507 e. The highest BCUT2D eigenvalue weighted by Gasteiger charge is 2.50. The molecule has 6 aromatic rings. The number of aliphatic hydroxyl groups is 2. The number of anilines is 3. The van der Waals surface area contributed by atoms with Crippen LogP contribution in [-0.4, -0.2) is 197 Å². The van der Waals surface area contributed by atoms with Crippen LogP contribution in [0.1, 0.15) is 134 Å². The van der Waals surface area contributed by atoms with E-state index in [9.17, 15) is 64.2 Å². The van der Waals surface area contributed by atoms with E-state index in [0.29, 0.717) is 31.7 Å². The average molecular weight is 1480 g/mol. The predicted octanol–water partition coefficient (Wildman–Crippen LogP) is 5.68. The van der Waals surface area contributed by atoms with Crippen LogP contribution < -0.4 is 48.4 Å². The molecule has 3 aromatic carbocycles. The number of aromatic carboxylic acids is 1. The Morgan fingerprint density at radius 1 is 0.849 bits per heavy atom. The normalized spacial score (nSPS) is 25.4. The van der Waals surface area contributed by atoms with Crippen LogP contribution >= 0.6 is 0 Å². The van der Waals surface area contributed by atoms with Gasteiger partial charge < -0.3 is 86.1 Å². The third-order valence-electron chi connectivity index (χ3n) is 19.2. The number of allylic oxidation sites excluding steroid dienone is 2. The number of likely N-dealkylation sites (N-methyl/N-ethyl adjacent to an activating group) is 1. The molecule has 1 aliphatic carbocycles. The summed E-state index contributed by atoms with van der Waals surface area (Å²) in [6.45, 7) is 19.7. The number of nitrogens with zero attached hydrogens (tertiary/aromatic N) is 8. The number of benzene rings is 3. The number of halogens is 2. The molecule has 33 heteroatoms. The number of methoxy groups -OCH3 is 1. The van der Waals surface area contributed by atoms with Crippen molar-refractivity contribution in [3.05, 3.63) is 141 Å². The molecular formula is C73H92F2N14O17. The third kappa shape index (κ3) is 17.8. The number of ketones is 1. The number of carbonyl (C=O) groups is 6. The van der Waals surface area contributed by atoms with E-state index in [2.05, 4.69) is 35.6 Å². The predicted molar refractivity (Wildman–Crippen MR) is 389 cm³/mol. The number of carbonyl (C=O) groups excluding carboxylic acids is 5. The molecule has 6 aliphatic rings. The quantitative estimate of drug-likeness (QED) is 0.0121. The SMILES string of the molecule is CO[C@H]1/C=C/O[C@@]2(C)Oc3c(C)c(O)c4c(O)c(c(/C=N\N5CCN(C)CC5)c(O)c4c3C2=O)NC(=O)/C(C)=C\C=C\[C@@H](C)[C@H](O)[C@@H](C)[C@H](O)[C@@H](C)[C@H](OC(C)=O)[C@@H]1C.C[C@@H]1CN(c2c(F)c(N)c3c(=O)c(C(=O)O)cn(C4CC4)c3c2F)C[C@H](C)N1.NC(=O)c1cnccn1.NNC(=O)c1ccncc1. The van der Waals surface area contributed by atoms with Gasteiger partial charge in [-0.3, -0.25) is 49.2 Å². The fourth-order valence-electron chi connectivity index (χ4n) is 13.1. The van der Waals surface area contributed by atoms with Gasteiger partial charge in [0.15, 0.2) is 17.4 Å². The summed E-state index contributed by atoms with van der Waals surface area (Å²) in [5.74, 6) is -7.65. The number of aromatic hydroxyl groups is 3. The number of esters is 1. The Kier molecular flexibility index (Phi) is 26.3. The number of ether oxygens (including phenoxy) is 4. The molecule has 5 aliphatic heterocycles. The Morgan fingerprint density at radius 3 is 2.07 bits per heavy atom. The topological polar surface area (TPSA) is 458 Å². The van der Waals surface area contributed by atoms with Crippen LogP contribution in [0.3, 0.4) is 0 Å². The van der Waals surface area contributed by atoms with Gasteiger partial charge in [-0.1, -0.05) is 45.9 Å². The van der Waals surface area contributed by atoms with Crippen LogP contribution in [0.5, 0.6) is 23.0 Å². The van der Waals surface area contributed by atoms with Crippen molar-refractivity contribution >= 4 is 80.4 Å². The highest BCUT2D eigenvalue weighted by atomic mass is 19.1. The summed E-state index contributed by atoms with van der Waals surface area (Å²) in [6.07, 6.45) is 14.7. The Hall–Kier alpha value is -10.7. The lowest BCUT2D eigenvalue weighted by molar-refractivity contribution is -0.160. The standard InChI is InChI=1S/C43H58N4O12.C19H22F2N4O3.C6H7N3O.C5H5N3O/c1-21-12-11-13-22(2)42(55)45-33-28(20-44-47-17-15-46(9)16-18-47)37(52)30-31(38(33)53)36(51)26(6)40-32(30)41(54)43(8,59-40)57-19-14-29(56-10)23(3)39(58-27(7)48)25(5)35(50)24(4)34(21)49;1-8-5-24(6-9(2)23-8)17-13(20)15(22)12-16(14(17)21)25(10-3-4-10)7-11(18(12)26)19(27)28;7-9-6(10)5-1-3-8-4-2-5;6-5(9)4-3-7-1-2-8-4/h11-14,19-21,23-25,29,34-35,39,49-53H,15-18H2,1-10H3,(H,45,55);7-10,23H,3-6,22H2,1-2H3,(H,27,28);1-4H,7H2,(H,9,10);1-3H,(H2,6,9)/b12-11+,19-14+,22-13-,44-20-;;;/t21-,23-,24-,25-,29+,34+,35+,39-,43+;8-,9+;;/m1.../s1. The van der Waals surface area contributed by atoms with E-state index in [1.807, 2.05) is 26.3 Å². The third-order valence-corrected chi connectivity index (χ3v) is 19.2. The van der Waals surface area contributed by atoms with Crippen molar-refractivity contribution in [2.75, 3.05) is 69.4 Å². The molecule has 570 valence electrons. The zero-order valence-corrected chi connectivity index (χ0v) is 60.8. The molecule has 11 atom stereocenters. The van der Waals surface area contributed by atoms with Gasteiger partial charge in [-0.25, -0.2) is 24.4 Å². The number of nitrogen functional groups attached to an aromatic ring is 2. The summed E-state index contributed by atoms with van der Waals surface area (Å²) in [6, 6.07) is 3.07. The van der Waals surface area contributed by atoms with Gasteiger partial charge >= 0.3 is 17.7 Å². The fraction of sp³-hybridized carbons (Fsp3) is 0.438. The lowest BCUT2D eigenvalue weighted by Gasteiger charge is -2.38. The Bertz CT molecular complexity index is 4470. The number of carboxylic acids is 1. The molecule has 5 bridgehead atoms. The van der Waals surface area contributed by atoms with Gasteiger partial charge in [-0.2, -0.15) is 5.10 Å². The van der Waals surface area contributed by atoms with Crippen molar-refractivity contribution < 1.29 is 87.1 Å². The second kappa shape index (κ2) is 34.5. The first kappa shape index (κ1) is 81.0. The van der Waals surface area contributed by atoms with E-state index in [1.165, 1.54) is 95.0 Å². The first-order valence-corrected chi connectivity index (χ1v) is 34.2. The fourth-order valence-corrected chi connectivity index (χ4v) is 13.1. The van der Waals surface area contributed by atoms with Crippen molar-refractivity contribution in [3.63, 3.8) is 0 Å². The number of hydrazone groups is 1. The minimum absolute atomic E-state index is 0.0134. The molecule has 2 saturated heterocycles. The molecule has 0 spiro atoms. The molecule has 3 amide bonds. The number of pyridine rings is 2. The summed E-state index contributed by atoms with van der Waals surface area (Å²) >= 11 is 0. The highest BCUT2D eigenvalue weighted by molar-refractivity contribution is 6.24. The van der Waals surface area contributed by atoms with Crippen molar-refractivity contribution in [3.8, 4) is 23.0 Å². The summed E-state index contributed by atoms with van der Waals surface area (Å²) in [4.78, 5) is 100. The molecule has 8 heterocycles. The van der Waals surface area contributed by atoms with Gasteiger partial charge in [0.05, 0.1) is 75.8 Å². The summed E-state index contributed by atoms with van der Waals surface area (Å²) in [7, 11) is 3.42. The summed E-state index contributed by atoms with van der Waals surface area (Å²) < 4.78 is 55.8. The molecule has 0 radical (unpaired) electrons. The Morgan fingerprint density at radius 2 is 1.50 bits per heavy atom. The number of amides is 3. The van der Waals surface area contributed by atoms with E-state index in [1.54, 1.807) is 61.9 Å². The number of aromatic nitrogens is 4. The first-order valence-electron chi connectivity index (χ1n) is 34.2. The zero-order valence-electron chi connectivity index (χ0n) is 60.8. The minimum atomic E-state index is -2.04. The number of piperazine rings is 2. The summed E-state index contributed by atoms with van der Waals surface area (Å²) in [5.41, 5.74) is 10.8. The van der Waals surface area contributed by atoms with E-state index in [-0.39, 0.29) is 85.4 Å². The van der Waals surface area contributed by atoms with Crippen LogP contribution in [0.2, 0.25) is 0 Å². The van der Waals surface area contributed by atoms with Crippen LogP contribution in [0, 0.1) is 42.2 Å². The van der Waals surface area contributed by atoms with Crippen molar-refractivity contribution in [2.45, 2.75) is 130 Å². The monoisotopic (exact) mass is 1470 g/mol. The van der Waals surface area contributed by atoms with Crippen molar-refractivity contribution in [1.29, 1.82) is 0 Å². The number of nitrogens with one attached hydrogen (secondary N) is 3. The largest absolute Gasteiger partial charge is 0.507 e. The van der Waals surface area contributed by atoms with Crippen LogP contribution in [0.15, 0.2) is 95.3 Å². The Balaban J connectivity index is 0.000000243. The van der Waals surface area contributed by atoms with E-state index >= 15 is 8.78 Å². The van der Waals surface area contributed by atoms with E-state index < -0.39 is 134 Å². The number of hydrazine groups is 1. The van der Waals surface area contributed by atoms with E-state index in [0.717, 1.165) is 32.1 Å². The lowest BCUT2D eigenvalue weighted by atomic mass is 9.78. The number of aliphatic hydroxyl groups excluding tert-OH is 2. The molecule has 3 fully saturated rings. The number of carboxylic acid groups (broad SMARTS) is 1. The molecule has 1 saturated carbocycles. The van der Waals surface area contributed by atoms with Gasteiger partial charge in [0.25, 0.3) is 23.5 Å². The average Bonchev–Trinajstić information content (AvgIpc) is 1.35. The molecule has 3 aromatic heterocycles. The second-order valence-corrected chi connectivity index (χ2v) is 27.1. The molecule has 15 N–H and O–H groups in total. The molecule has 31 nitrogen and oxygen atoms in total. The number of hydrogen-bond donors (Lipinski definition) is 12. The molecular weight excluding hydrogens is 1380 g/mol.